The molecule has 1 amide bonds. The van der Waals surface area contributed by atoms with E-state index < -0.39 is 11.9 Å². The van der Waals surface area contributed by atoms with E-state index in [0.29, 0.717) is 10.6 Å². The smallest absolute Gasteiger partial charge is 0.341 e. The molecule has 0 unspecified atom stereocenters. The fourth-order valence-corrected chi connectivity index (χ4v) is 3.10. The molecule has 1 N–H and O–H groups in total. The van der Waals surface area contributed by atoms with Crippen molar-refractivity contribution in [1.82, 2.24) is 0 Å². The number of anilines is 1. The summed E-state index contributed by atoms with van der Waals surface area (Å²) in [5, 5.41) is 3.90. The summed E-state index contributed by atoms with van der Waals surface area (Å²) in [6.45, 7) is 0. The predicted molar refractivity (Wildman–Crippen MR) is 79.8 cm³/mol. The molecular formula is C15H11NO4S. The molecule has 0 saturated heterocycles. The molecule has 2 heterocycles. The topological polar surface area (TPSA) is 68.5 Å². The number of benzene rings is 1. The average Bonchev–Trinajstić information content (AvgIpc) is 3.13. The molecule has 5 nitrogen and oxygen atoms in total. The van der Waals surface area contributed by atoms with Crippen molar-refractivity contribution >= 4 is 38.3 Å². The first kappa shape index (κ1) is 13.4. The van der Waals surface area contributed by atoms with Crippen LogP contribution in [0, 0.1) is 0 Å². The summed E-state index contributed by atoms with van der Waals surface area (Å²) in [7, 11) is 1.31. The minimum Gasteiger partial charge on any atom is -0.465 e. The van der Waals surface area contributed by atoms with E-state index in [-0.39, 0.29) is 5.76 Å². The molecule has 0 radical (unpaired) electrons. The first-order valence-electron chi connectivity index (χ1n) is 6.15. The van der Waals surface area contributed by atoms with Crippen LogP contribution in [0.4, 0.5) is 5.00 Å². The van der Waals surface area contributed by atoms with Crippen LogP contribution in [0.5, 0.6) is 0 Å². The Morgan fingerprint density at radius 3 is 2.71 bits per heavy atom. The Morgan fingerprint density at radius 2 is 2.00 bits per heavy atom. The zero-order valence-corrected chi connectivity index (χ0v) is 11.9. The number of hydrogen-bond donors (Lipinski definition) is 1. The van der Waals surface area contributed by atoms with E-state index >= 15 is 0 Å². The summed E-state index contributed by atoms with van der Waals surface area (Å²) in [5.41, 5.74) is 0.359. The molecule has 3 rings (SSSR count). The minimum absolute atomic E-state index is 0.184. The highest BCUT2D eigenvalue weighted by atomic mass is 32.1. The van der Waals surface area contributed by atoms with Crippen LogP contribution in [0.2, 0.25) is 0 Å². The summed E-state index contributed by atoms with van der Waals surface area (Å²) in [4.78, 5) is 24.1. The Bertz CT molecular complexity index is 804. The number of rotatable bonds is 3. The zero-order chi connectivity index (χ0) is 14.8. The standard InChI is InChI=1S/C15H11NO4S/c1-19-15(18)12-9-5-2-3-7-11(9)21-14(12)16-13(17)10-6-4-8-20-10/h2-8H,1H3,(H,16,17). The molecule has 0 aliphatic carbocycles. The summed E-state index contributed by atoms with van der Waals surface area (Å²) < 4.78 is 10.7. The maximum Gasteiger partial charge on any atom is 0.341 e. The fraction of sp³-hybridized carbons (Fsp3) is 0.0667. The highest BCUT2D eigenvalue weighted by Crippen LogP contribution is 2.36. The molecule has 2 aromatic heterocycles. The third kappa shape index (κ3) is 2.41. The number of thiophene rings is 1. The van der Waals surface area contributed by atoms with E-state index in [1.807, 2.05) is 24.3 Å². The van der Waals surface area contributed by atoms with Crippen molar-refractivity contribution in [3.05, 3.63) is 54.0 Å². The van der Waals surface area contributed by atoms with Crippen molar-refractivity contribution in [2.24, 2.45) is 0 Å². The Balaban J connectivity index is 2.05. The maximum atomic E-state index is 12.1. The fourth-order valence-electron chi connectivity index (χ4n) is 2.01. The second-order valence-corrected chi connectivity index (χ2v) is 5.28. The second-order valence-electron chi connectivity index (χ2n) is 4.23. The molecule has 1 aromatic carbocycles. The summed E-state index contributed by atoms with van der Waals surface area (Å²) in [6.07, 6.45) is 1.42. The van der Waals surface area contributed by atoms with Crippen LogP contribution in [0.25, 0.3) is 10.1 Å². The van der Waals surface area contributed by atoms with E-state index in [0.717, 1.165) is 10.1 Å². The summed E-state index contributed by atoms with van der Waals surface area (Å²) in [6, 6.07) is 10.6. The molecule has 0 aliphatic heterocycles. The summed E-state index contributed by atoms with van der Waals surface area (Å²) >= 11 is 1.32. The lowest BCUT2D eigenvalue weighted by atomic mass is 10.1. The number of amides is 1. The van der Waals surface area contributed by atoms with Crippen molar-refractivity contribution in [1.29, 1.82) is 0 Å². The molecule has 3 aromatic rings. The number of nitrogens with one attached hydrogen (secondary N) is 1. The van der Waals surface area contributed by atoms with Gasteiger partial charge in [-0.05, 0) is 18.2 Å². The molecule has 0 atom stereocenters. The van der Waals surface area contributed by atoms with Gasteiger partial charge >= 0.3 is 5.97 Å². The van der Waals surface area contributed by atoms with Gasteiger partial charge in [0, 0.05) is 10.1 Å². The Kier molecular flexibility index (Phi) is 3.45. The first-order chi connectivity index (χ1) is 10.2. The van der Waals surface area contributed by atoms with E-state index in [2.05, 4.69) is 5.32 Å². The van der Waals surface area contributed by atoms with Gasteiger partial charge in [-0.1, -0.05) is 18.2 Å². The van der Waals surface area contributed by atoms with Crippen LogP contribution < -0.4 is 5.32 Å². The highest BCUT2D eigenvalue weighted by molar-refractivity contribution is 7.23. The van der Waals surface area contributed by atoms with Crippen LogP contribution in [0.1, 0.15) is 20.9 Å². The number of fused-ring (bicyclic) bond motifs is 1. The van der Waals surface area contributed by atoms with Crippen LogP contribution >= 0.6 is 11.3 Å². The molecular weight excluding hydrogens is 290 g/mol. The van der Waals surface area contributed by atoms with Crippen molar-refractivity contribution in [3.8, 4) is 0 Å². The van der Waals surface area contributed by atoms with Gasteiger partial charge in [-0.3, -0.25) is 4.79 Å². The number of furan rings is 1. The minimum atomic E-state index is -0.484. The van der Waals surface area contributed by atoms with E-state index in [4.69, 9.17) is 9.15 Å². The molecule has 106 valence electrons. The lowest BCUT2D eigenvalue weighted by Gasteiger charge is -2.03. The Hall–Kier alpha value is -2.60. The van der Waals surface area contributed by atoms with Crippen LogP contribution in [-0.2, 0) is 4.74 Å². The maximum absolute atomic E-state index is 12.1. The van der Waals surface area contributed by atoms with E-state index in [1.165, 1.54) is 24.7 Å². The Morgan fingerprint density at radius 1 is 1.19 bits per heavy atom. The van der Waals surface area contributed by atoms with Gasteiger partial charge in [-0.25, -0.2) is 4.79 Å². The normalized spacial score (nSPS) is 10.5. The molecule has 0 bridgehead atoms. The van der Waals surface area contributed by atoms with Crippen molar-refractivity contribution in [2.45, 2.75) is 0 Å². The number of esters is 1. The zero-order valence-electron chi connectivity index (χ0n) is 11.1. The first-order valence-corrected chi connectivity index (χ1v) is 6.97. The largest absolute Gasteiger partial charge is 0.465 e. The third-order valence-electron chi connectivity index (χ3n) is 2.96. The number of hydrogen-bond acceptors (Lipinski definition) is 5. The monoisotopic (exact) mass is 301 g/mol. The molecule has 0 spiro atoms. The highest BCUT2D eigenvalue weighted by Gasteiger charge is 2.21. The van der Waals surface area contributed by atoms with Gasteiger partial charge in [-0.15, -0.1) is 11.3 Å². The second kappa shape index (κ2) is 5.41. The number of carbonyl (C=O) groups is 2. The predicted octanol–water partition coefficient (Wildman–Crippen LogP) is 3.53. The number of carbonyl (C=O) groups excluding carboxylic acids is 2. The van der Waals surface area contributed by atoms with E-state index in [9.17, 15) is 9.59 Å². The summed E-state index contributed by atoms with van der Waals surface area (Å²) in [5.74, 6) is -0.706. The molecule has 21 heavy (non-hydrogen) atoms. The quantitative estimate of drug-likeness (QED) is 0.751. The van der Waals surface area contributed by atoms with Gasteiger partial charge in [-0.2, -0.15) is 0 Å². The van der Waals surface area contributed by atoms with Crippen molar-refractivity contribution in [3.63, 3.8) is 0 Å². The SMILES string of the molecule is COC(=O)c1c(NC(=O)c2ccco2)sc2ccccc12. The van der Waals surface area contributed by atoms with Crippen LogP contribution in [-0.4, -0.2) is 19.0 Å². The Labute approximate surface area is 124 Å². The lowest BCUT2D eigenvalue weighted by Crippen LogP contribution is -2.13. The van der Waals surface area contributed by atoms with Gasteiger partial charge < -0.3 is 14.5 Å². The third-order valence-corrected chi connectivity index (χ3v) is 4.04. The van der Waals surface area contributed by atoms with Gasteiger partial charge in [0.15, 0.2) is 5.76 Å². The molecule has 0 fully saturated rings. The van der Waals surface area contributed by atoms with Gasteiger partial charge in [0.05, 0.1) is 13.4 Å². The number of ether oxygens (including phenoxy) is 1. The molecule has 0 aliphatic rings. The van der Waals surface area contributed by atoms with Gasteiger partial charge in [0.2, 0.25) is 0 Å². The van der Waals surface area contributed by atoms with Gasteiger partial charge in [0.25, 0.3) is 5.91 Å². The van der Waals surface area contributed by atoms with E-state index in [1.54, 1.807) is 12.1 Å². The number of methoxy groups -OCH3 is 1. The van der Waals surface area contributed by atoms with Crippen molar-refractivity contribution in [2.75, 3.05) is 12.4 Å². The van der Waals surface area contributed by atoms with Crippen LogP contribution in [0.15, 0.2) is 47.1 Å². The lowest BCUT2D eigenvalue weighted by molar-refractivity contribution is 0.0604. The van der Waals surface area contributed by atoms with Crippen molar-refractivity contribution < 1.29 is 18.7 Å². The molecule has 0 saturated carbocycles. The average molecular weight is 301 g/mol. The van der Waals surface area contributed by atoms with Crippen LogP contribution in [0.3, 0.4) is 0 Å². The van der Waals surface area contributed by atoms with Gasteiger partial charge in [0.1, 0.15) is 10.6 Å². The molecule has 6 heteroatoms.